The number of hydrogen-bond acceptors (Lipinski definition) is 3. The van der Waals surface area contributed by atoms with Gasteiger partial charge in [0.25, 0.3) is 5.56 Å². The Morgan fingerprint density at radius 1 is 1.29 bits per heavy atom. The van der Waals surface area contributed by atoms with Crippen LogP contribution in [0.4, 0.5) is 0 Å². The second-order valence-electron chi connectivity index (χ2n) is 6.04. The number of rotatable bonds is 3. The lowest BCUT2D eigenvalue weighted by molar-refractivity contribution is 0.111. The van der Waals surface area contributed by atoms with Gasteiger partial charge in [-0.1, -0.05) is 13.0 Å². The molecule has 0 unspecified atom stereocenters. The number of H-pyrrole nitrogens is 1. The number of fused-ring (bicyclic) bond motifs is 1. The van der Waals surface area contributed by atoms with Crippen molar-refractivity contribution >= 4 is 17.2 Å². The molecule has 5 heteroatoms. The topological polar surface area (TPSA) is 75.1 Å². The summed E-state index contributed by atoms with van der Waals surface area (Å²) < 4.78 is 2.13. The molecule has 3 aromatic rings. The summed E-state index contributed by atoms with van der Waals surface area (Å²) in [5, 5.41) is 11.4. The van der Waals surface area contributed by atoms with Crippen LogP contribution >= 0.6 is 0 Å². The lowest BCUT2D eigenvalue weighted by Crippen LogP contribution is -2.15. The first kappa shape index (κ1) is 16.1. The SMILES string of the molecule is CCc1c(-c2ccc3c(c2)c(C)c(C)n3C)[nH]c(=O)c(C=O)c1O. The van der Waals surface area contributed by atoms with Crippen molar-refractivity contribution in [1.82, 2.24) is 9.55 Å². The van der Waals surface area contributed by atoms with Crippen LogP contribution < -0.4 is 5.56 Å². The number of nitrogens with one attached hydrogen (secondary N) is 1. The molecule has 0 fully saturated rings. The van der Waals surface area contributed by atoms with Gasteiger partial charge in [-0.05, 0) is 43.5 Å². The third-order valence-electron chi connectivity index (χ3n) is 4.89. The Bertz CT molecular complexity index is 1030. The fourth-order valence-corrected chi connectivity index (χ4v) is 3.26. The summed E-state index contributed by atoms with van der Waals surface area (Å²) in [6, 6.07) is 5.95. The Morgan fingerprint density at radius 2 is 2.00 bits per heavy atom. The summed E-state index contributed by atoms with van der Waals surface area (Å²) >= 11 is 0. The number of aromatic amines is 1. The molecule has 2 N–H and O–H groups in total. The molecular formula is C19H20N2O3. The van der Waals surface area contributed by atoms with E-state index in [2.05, 4.69) is 23.4 Å². The fourth-order valence-electron chi connectivity index (χ4n) is 3.26. The minimum atomic E-state index is -0.573. The average Bonchev–Trinajstić information content (AvgIpc) is 2.79. The fraction of sp³-hybridized carbons (Fsp3) is 0.263. The molecule has 0 amide bonds. The molecule has 0 aliphatic carbocycles. The first-order chi connectivity index (χ1) is 11.4. The normalized spacial score (nSPS) is 11.2. The summed E-state index contributed by atoms with van der Waals surface area (Å²) in [5.41, 5.74) is 4.64. The Morgan fingerprint density at radius 3 is 2.62 bits per heavy atom. The van der Waals surface area contributed by atoms with Gasteiger partial charge in [0, 0.05) is 29.2 Å². The molecule has 1 aromatic carbocycles. The van der Waals surface area contributed by atoms with Gasteiger partial charge in [0.05, 0.1) is 5.69 Å². The number of aromatic nitrogens is 2. The van der Waals surface area contributed by atoms with Crippen molar-refractivity contribution in [3.63, 3.8) is 0 Å². The highest BCUT2D eigenvalue weighted by molar-refractivity contribution is 5.90. The van der Waals surface area contributed by atoms with Crippen molar-refractivity contribution in [3.05, 3.63) is 50.9 Å². The van der Waals surface area contributed by atoms with Crippen molar-refractivity contribution in [1.29, 1.82) is 0 Å². The van der Waals surface area contributed by atoms with Crippen LogP contribution in [-0.4, -0.2) is 20.9 Å². The first-order valence-electron chi connectivity index (χ1n) is 7.90. The molecule has 0 bridgehead atoms. The maximum Gasteiger partial charge on any atom is 0.262 e. The molecule has 2 aromatic heterocycles. The zero-order valence-electron chi connectivity index (χ0n) is 14.2. The number of carbonyl (C=O) groups is 1. The molecule has 5 nitrogen and oxygen atoms in total. The van der Waals surface area contributed by atoms with Crippen molar-refractivity contribution < 1.29 is 9.90 Å². The molecule has 0 atom stereocenters. The molecule has 24 heavy (non-hydrogen) atoms. The van der Waals surface area contributed by atoms with Crippen LogP contribution in [-0.2, 0) is 13.5 Å². The van der Waals surface area contributed by atoms with Gasteiger partial charge in [0.1, 0.15) is 11.3 Å². The maximum atomic E-state index is 12.1. The number of hydrogen-bond donors (Lipinski definition) is 2. The van der Waals surface area contributed by atoms with E-state index in [1.54, 1.807) is 0 Å². The lowest BCUT2D eigenvalue weighted by Gasteiger charge is -2.12. The van der Waals surface area contributed by atoms with E-state index >= 15 is 0 Å². The van der Waals surface area contributed by atoms with Gasteiger partial charge in [0.15, 0.2) is 6.29 Å². The molecule has 0 saturated heterocycles. The molecule has 3 rings (SSSR count). The van der Waals surface area contributed by atoms with Crippen molar-refractivity contribution in [3.8, 4) is 17.0 Å². The van der Waals surface area contributed by atoms with E-state index in [9.17, 15) is 14.7 Å². The van der Waals surface area contributed by atoms with E-state index in [-0.39, 0.29) is 11.3 Å². The number of aryl methyl sites for hydroxylation is 2. The number of aldehydes is 1. The van der Waals surface area contributed by atoms with Crippen molar-refractivity contribution in [2.75, 3.05) is 0 Å². The summed E-state index contributed by atoms with van der Waals surface area (Å²) in [4.78, 5) is 25.9. The number of pyridine rings is 1. The molecule has 0 aliphatic rings. The van der Waals surface area contributed by atoms with Crippen LogP contribution in [0, 0.1) is 13.8 Å². The molecule has 0 saturated carbocycles. The van der Waals surface area contributed by atoms with E-state index < -0.39 is 5.56 Å². The van der Waals surface area contributed by atoms with Gasteiger partial charge in [-0.15, -0.1) is 0 Å². The van der Waals surface area contributed by atoms with Crippen molar-refractivity contribution in [2.24, 2.45) is 7.05 Å². The summed E-state index contributed by atoms with van der Waals surface area (Å²) in [5.74, 6) is -0.229. The van der Waals surface area contributed by atoms with Crippen LogP contribution in [0.2, 0.25) is 0 Å². The highest BCUT2D eigenvalue weighted by Crippen LogP contribution is 2.33. The Labute approximate surface area is 139 Å². The molecule has 0 spiro atoms. The smallest absolute Gasteiger partial charge is 0.262 e. The summed E-state index contributed by atoms with van der Waals surface area (Å²) in [6.45, 7) is 6.01. The maximum absolute atomic E-state index is 12.1. The van der Waals surface area contributed by atoms with Crippen LogP contribution in [0.15, 0.2) is 23.0 Å². The first-order valence-corrected chi connectivity index (χ1v) is 7.90. The van der Waals surface area contributed by atoms with E-state index in [1.807, 2.05) is 32.2 Å². The number of nitrogens with zero attached hydrogens (tertiary/aromatic N) is 1. The van der Waals surface area contributed by atoms with Crippen LogP contribution in [0.3, 0.4) is 0 Å². The van der Waals surface area contributed by atoms with Gasteiger partial charge >= 0.3 is 0 Å². The van der Waals surface area contributed by atoms with E-state index in [1.165, 1.54) is 11.3 Å². The minimum Gasteiger partial charge on any atom is -0.507 e. The van der Waals surface area contributed by atoms with Gasteiger partial charge in [-0.2, -0.15) is 0 Å². The molecular weight excluding hydrogens is 304 g/mol. The predicted octanol–water partition coefficient (Wildman–Crippen LogP) is 3.23. The summed E-state index contributed by atoms with van der Waals surface area (Å²) in [7, 11) is 2.02. The largest absolute Gasteiger partial charge is 0.507 e. The van der Waals surface area contributed by atoms with Gasteiger partial charge in [0.2, 0.25) is 0 Å². The summed E-state index contributed by atoms with van der Waals surface area (Å²) in [6.07, 6.45) is 0.897. The Hall–Kier alpha value is -2.82. The Kier molecular flexibility index (Phi) is 3.79. The minimum absolute atomic E-state index is 0.219. The number of carbonyl (C=O) groups excluding carboxylic acids is 1. The van der Waals surface area contributed by atoms with E-state index in [0.717, 1.165) is 16.5 Å². The quantitative estimate of drug-likeness (QED) is 0.726. The number of benzene rings is 1. The van der Waals surface area contributed by atoms with Gasteiger partial charge in [-0.25, -0.2) is 0 Å². The van der Waals surface area contributed by atoms with E-state index in [4.69, 9.17) is 0 Å². The van der Waals surface area contributed by atoms with Crippen LogP contribution in [0.5, 0.6) is 5.75 Å². The standard InChI is InChI=1S/C19H20N2O3/c1-5-13-17(20-19(24)15(9-22)18(13)23)12-6-7-16-14(8-12)10(2)11(3)21(16)4/h6-9H,5H2,1-4H3,(H2,20,23,24). The second-order valence-corrected chi connectivity index (χ2v) is 6.04. The lowest BCUT2D eigenvalue weighted by atomic mass is 9.99. The zero-order chi connectivity index (χ0) is 17.6. The third-order valence-corrected chi connectivity index (χ3v) is 4.89. The second kappa shape index (κ2) is 5.67. The average molecular weight is 324 g/mol. The monoisotopic (exact) mass is 324 g/mol. The Balaban J connectivity index is 2.34. The molecule has 0 aliphatic heterocycles. The highest BCUT2D eigenvalue weighted by atomic mass is 16.3. The van der Waals surface area contributed by atoms with E-state index in [0.29, 0.717) is 24.0 Å². The van der Waals surface area contributed by atoms with Gasteiger partial charge in [-0.3, -0.25) is 9.59 Å². The van der Waals surface area contributed by atoms with Gasteiger partial charge < -0.3 is 14.7 Å². The molecule has 2 heterocycles. The number of aromatic hydroxyl groups is 1. The predicted molar refractivity (Wildman–Crippen MR) is 94.9 cm³/mol. The van der Waals surface area contributed by atoms with Crippen LogP contribution in [0.1, 0.15) is 34.1 Å². The van der Waals surface area contributed by atoms with Crippen molar-refractivity contribution in [2.45, 2.75) is 27.2 Å². The van der Waals surface area contributed by atoms with Crippen LogP contribution in [0.25, 0.3) is 22.2 Å². The third kappa shape index (κ3) is 2.16. The highest BCUT2D eigenvalue weighted by Gasteiger charge is 2.17. The molecule has 124 valence electrons. The molecule has 0 radical (unpaired) electrons. The zero-order valence-corrected chi connectivity index (χ0v) is 14.2.